The summed E-state index contributed by atoms with van der Waals surface area (Å²) in [6, 6.07) is 4.64. The van der Waals surface area contributed by atoms with Crippen LogP contribution in [0, 0.1) is 0 Å². The molecule has 1 atom stereocenters. The number of rotatable bonds is 6. The second-order valence-electron chi connectivity index (χ2n) is 5.04. The maximum atomic E-state index is 5.39. The van der Waals surface area contributed by atoms with Crippen molar-refractivity contribution in [2.24, 2.45) is 0 Å². The lowest BCUT2D eigenvalue weighted by molar-refractivity contribution is 0.310. The Morgan fingerprint density at radius 3 is 2.19 bits per heavy atom. The van der Waals surface area contributed by atoms with Crippen LogP contribution in [0.5, 0.6) is 17.2 Å². The fourth-order valence-electron chi connectivity index (χ4n) is 2.70. The maximum Gasteiger partial charge on any atom is 0.203 e. The highest BCUT2D eigenvalue weighted by atomic mass is 35.5. The van der Waals surface area contributed by atoms with Crippen LogP contribution in [-0.2, 0) is 6.54 Å². The number of methoxy groups -OCH3 is 3. The molecule has 1 saturated heterocycles. The van der Waals surface area contributed by atoms with Crippen LogP contribution in [0.2, 0.25) is 0 Å². The third-order valence-corrected chi connectivity index (χ3v) is 3.81. The SMILES string of the molecule is CNC1CCN(Cc2cc(OC)c(OC)c(OC)c2)C1.Cl. The lowest BCUT2D eigenvalue weighted by Gasteiger charge is -2.18. The van der Waals surface area contributed by atoms with Crippen molar-refractivity contribution in [3.63, 3.8) is 0 Å². The van der Waals surface area contributed by atoms with Gasteiger partial charge in [-0.25, -0.2) is 0 Å². The lowest BCUT2D eigenvalue weighted by Crippen LogP contribution is -2.29. The summed E-state index contributed by atoms with van der Waals surface area (Å²) in [5.41, 5.74) is 1.18. The summed E-state index contributed by atoms with van der Waals surface area (Å²) in [4.78, 5) is 2.43. The number of likely N-dealkylation sites (tertiary alicyclic amines) is 1. The van der Waals surface area contributed by atoms with Crippen molar-refractivity contribution in [1.82, 2.24) is 10.2 Å². The van der Waals surface area contributed by atoms with Gasteiger partial charge in [0.25, 0.3) is 0 Å². The van der Waals surface area contributed by atoms with Gasteiger partial charge in [-0.15, -0.1) is 12.4 Å². The molecule has 21 heavy (non-hydrogen) atoms. The number of hydrogen-bond acceptors (Lipinski definition) is 5. The summed E-state index contributed by atoms with van der Waals surface area (Å²) >= 11 is 0. The highest BCUT2D eigenvalue weighted by molar-refractivity contribution is 5.85. The van der Waals surface area contributed by atoms with E-state index in [9.17, 15) is 0 Å². The Hall–Kier alpha value is -1.17. The Morgan fingerprint density at radius 2 is 1.76 bits per heavy atom. The van der Waals surface area contributed by atoms with Crippen LogP contribution in [0.25, 0.3) is 0 Å². The second kappa shape index (κ2) is 8.32. The van der Waals surface area contributed by atoms with Crippen LogP contribution in [-0.4, -0.2) is 52.4 Å². The molecule has 1 heterocycles. The maximum absolute atomic E-state index is 5.39. The zero-order valence-corrected chi connectivity index (χ0v) is 14.0. The van der Waals surface area contributed by atoms with Crippen molar-refractivity contribution < 1.29 is 14.2 Å². The molecular weight excluding hydrogens is 292 g/mol. The number of benzene rings is 1. The average Bonchev–Trinajstić information content (AvgIpc) is 2.93. The lowest BCUT2D eigenvalue weighted by atomic mass is 10.1. The van der Waals surface area contributed by atoms with Crippen molar-refractivity contribution in [3.8, 4) is 17.2 Å². The smallest absolute Gasteiger partial charge is 0.203 e. The van der Waals surface area contributed by atoms with Gasteiger partial charge in [0.05, 0.1) is 21.3 Å². The molecule has 0 spiro atoms. The molecule has 1 unspecified atom stereocenters. The van der Waals surface area contributed by atoms with Crippen molar-refractivity contribution in [3.05, 3.63) is 17.7 Å². The largest absolute Gasteiger partial charge is 0.493 e. The molecule has 1 N–H and O–H groups in total. The van der Waals surface area contributed by atoms with Crippen LogP contribution >= 0.6 is 12.4 Å². The molecule has 0 amide bonds. The van der Waals surface area contributed by atoms with E-state index in [0.29, 0.717) is 23.3 Å². The van der Waals surface area contributed by atoms with Crippen LogP contribution < -0.4 is 19.5 Å². The number of halogens is 1. The number of nitrogens with zero attached hydrogens (tertiary/aromatic N) is 1. The molecule has 1 aromatic rings. The Labute approximate surface area is 133 Å². The van der Waals surface area contributed by atoms with Crippen molar-refractivity contribution in [2.45, 2.75) is 19.0 Å². The average molecular weight is 317 g/mol. The molecule has 5 nitrogen and oxygen atoms in total. The van der Waals surface area contributed by atoms with E-state index in [0.717, 1.165) is 19.6 Å². The van der Waals surface area contributed by atoms with Crippen LogP contribution in [0.1, 0.15) is 12.0 Å². The third-order valence-electron chi connectivity index (χ3n) is 3.81. The first-order chi connectivity index (χ1) is 9.71. The molecule has 0 bridgehead atoms. The van der Waals surface area contributed by atoms with Gasteiger partial charge in [-0.1, -0.05) is 0 Å². The quantitative estimate of drug-likeness (QED) is 0.868. The highest BCUT2D eigenvalue weighted by Crippen LogP contribution is 2.38. The Bertz CT molecular complexity index is 432. The van der Waals surface area contributed by atoms with Gasteiger partial charge in [-0.05, 0) is 31.2 Å². The molecule has 0 aromatic heterocycles. The molecule has 0 saturated carbocycles. The summed E-state index contributed by atoms with van der Waals surface area (Å²) in [5, 5.41) is 3.33. The van der Waals surface area contributed by atoms with Gasteiger partial charge in [-0.2, -0.15) is 0 Å². The fourth-order valence-corrected chi connectivity index (χ4v) is 2.70. The standard InChI is InChI=1S/C15H24N2O3.ClH/c1-16-12-5-6-17(10-12)9-11-7-13(18-2)15(20-4)14(8-11)19-3;/h7-8,12,16H,5-6,9-10H2,1-4H3;1H. The Kier molecular flexibility index (Phi) is 7.08. The van der Waals surface area contributed by atoms with E-state index in [2.05, 4.69) is 10.2 Å². The summed E-state index contributed by atoms with van der Waals surface area (Å²) in [6.45, 7) is 3.09. The third kappa shape index (κ3) is 4.15. The number of nitrogens with one attached hydrogen (secondary N) is 1. The van der Waals surface area contributed by atoms with Crippen molar-refractivity contribution >= 4 is 12.4 Å². The minimum atomic E-state index is 0. The van der Waals surface area contributed by atoms with Gasteiger partial charge in [0.15, 0.2) is 11.5 Å². The molecule has 6 heteroatoms. The Morgan fingerprint density at radius 1 is 1.14 bits per heavy atom. The van der Waals surface area contributed by atoms with Crippen LogP contribution in [0.3, 0.4) is 0 Å². The zero-order chi connectivity index (χ0) is 14.5. The first-order valence-electron chi connectivity index (χ1n) is 6.90. The van der Waals surface area contributed by atoms with E-state index in [1.54, 1.807) is 21.3 Å². The topological polar surface area (TPSA) is 43.0 Å². The number of likely N-dealkylation sites (N-methyl/N-ethyl adjacent to an activating group) is 1. The first kappa shape index (κ1) is 17.9. The molecule has 0 aliphatic carbocycles. The minimum absolute atomic E-state index is 0. The summed E-state index contributed by atoms with van der Waals surface area (Å²) < 4.78 is 16.1. The van der Waals surface area contributed by atoms with E-state index in [4.69, 9.17) is 14.2 Å². The Balaban J connectivity index is 0.00000220. The van der Waals surface area contributed by atoms with Crippen LogP contribution in [0.15, 0.2) is 12.1 Å². The van der Waals surface area contributed by atoms with Gasteiger partial charge in [-0.3, -0.25) is 4.90 Å². The summed E-state index contributed by atoms with van der Waals surface area (Å²) in [7, 11) is 6.94. The number of ether oxygens (including phenoxy) is 3. The van der Waals surface area contributed by atoms with Gasteiger partial charge in [0.1, 0.15) is 0 Å². The van der Waals surface area contributed by atoms with E-state index >= 15 is 0 Å². The van der Waals surface area contributed by atoms with E-state index < -0.39 is 0 Å². The van der Waals surface area contributed by atoms with E-state index in [1.807, 2.05) is 19.2 Å². The first-order valence-corrected chi connectivity index (χ1v) is 6.90. The highest BCUT2D eigenvalue weighted by Gasteiger charge is 2.22. The van der Waals surface area contributed by atoms with E-state index in [1.165, 1.54) is 12.0 Å². The normalized spacial score (nSPS) is 18.2. The second-order valence-corrected chi connectivity index (χ2v) is 5.04. The molecule has 1 aromatic carbocycles. The van der Waals surface area contributed by atoms with Crippen molar-refractivity contribution in [1.29, 1.82) is 0 Å². The van der Waals surface area contributed by atoms with Crippen molar-refractivity contribution in [2.75, 3.05) is 41.5 Å². The van der Waals surface area contributed by atoms with Gasteiger partial charge in [0, 0.05) is 25.7 Å². The van der Waals surface area contributed by atoms with Gasteiger partial charge >= 0.3 is 0 Å². The monoisotopic (exact) mass is 316 g/mol. The molecule has 1 aliphatic heterocycles. The molecule has 1 aliphatic rings. The van der Waals surface area contributed by atoms with Gasteiger partial charge < -0.3 is 19.5 Å². The molecular formula is C15H25ClN2O3. The summed E-state index contributed by atoms with van der Waals surface area (Å²) in [5.74, 6) is 2.07. The van der Waals surface area contributed by atoms with Gasteiger partial charge in [0.2, 0.25) is 5.75 Å². The van der Waals surface area contributed by atoms with Crippen LogP contribution in [0.4, 0.5) is 0 Å². The predicted molar refractivity (Wildman–Crippen MR) is 86.1 cm³/mol. The molecule has 0 radical (unpaired) electrons. The fraction of sp³-hybridized carbons (Fsp3) is 0.600. The molecule has 1 fully saturated rings. The predicted octanol–water partition coefficient (Wildman–Crippen LogP) is 1.93. The molecule has 2 rings (SSSR count). The summed E-state index contributed by atoms with van der Waals surface area (Å²) in [6.07, 6.45) is 1.20. The minimum Gasteiger partial charge on any atom is -0.493 e. The zero-order valence-electron chi connectivity index (χ0n) is 13.1. The molecule has 120 valence electrons. The van der Waals surface area contributed by atoms with E-state index in [-0.39, 0.29) is 12.4 Å². The number of hydrogen-bond donors (Lipinski definition) is 1.